The number of rotatable bonds is 10. The number of methoxy groups -OCH3 is 2. The Labute approximate surface area is 116 Å². The van der Waals surface area contributed by atoms with Crippen LogP contribution in [0, 0.1) is 0 Å². The minimum atomic E-state index is 0.721. The van der Waals surface area contributed by atoms with Crippen LogP contribution in [0.5, 0.6) is 0 Å². The molecule has 0 aromatic heterocycles. The number of anilines is 1. The van der Waals surface area contributed by atoms with Crippen molar-refractivity contribution in [3.05, 3.63) is 29.8 Å². The monoisotopic (exact) mass is 266 g/mol. The molecule has 1 aromatic carbocycles. The summed E-state index contributed by atoms with van der Waals surface area (Å²) in [6.45, 7) is 7.19. The van der Waals surface area contributed by atoms with E-state index in [1.54, 1.807) is 14.2 Å². The SMILES string of the molecule is CCNCc1ccccc1N(CCOC)CCOC. The van der Waals surface area contributed by atoms with E-state index in [2.05, 4.69) is 41.4 Å². The summed E-state index contributed by atoms with van der Waals surface area (Å²) >= 11 is 0. The van der Waals surface area contributed by atoms with Crippen LogP contribution in [0.2, 0.25) is 0 Å². The Balaban J connectivity index is 2.79. The molecule has 1 aromatic rings. The van der Waals surface area contributed by atoms with Gasteiger partial charge in [0, 0.05) is 39.5 Å². The van der Waals surface area contributed by atoms with Gasteiger partial charge in [0.25, 0.3) is 0 Å². The Bertz CT molecular complexity index is 337. The Kier molecular flexibility index (Phi) is 8.21. The molecule has 0 fully saturated rings. The molecule has 4 nitrogen and oxygen atoms in total. The van der Waals surface area contributed by atoms with Crippen LogP contribution in [-0.2, 0) is 16.0 Å². The minimum Gasteiger partial charge on any atom is -0.383 e. The largest absolute Gasteiger partial charge is 0.383 e. The summed E-state index contributed by atoms with van der Waals surface area (Å²) in [6, 6.07) is 8.50. The number of hydrogen-bond donors (Lipinski definition) is 1. The second-order valence-electron chi connectivity index (χ2n) is 4.38. The molecule has 1 rings (SSSR count). The first-order valence-corrected chi connectivity index (χ1v) is 6.85. The molecule has 0 atom stereocenters. The van der Waals surface area contributed by atoms with Crippen LogP contribution >= 0.6 is 0 Å². The molecule has 0 unspecified atom stereocenters. The van der Waals surface area contributed by atoms with E-state index in [1.165, 1.54) is 11.3 Å². The van der Waals surface area contributed by atoms with Gasteiger partial charge in [-0.25, -0.2) is 0 Å². The van der Waals surface area contributed by atoms with Crippen molar-refractivity contribution in [2.45, 2.75) is 13.5 Å². The number of nitrogens with one attached hydrogen (secondary N) is 1. The van der Waals surface area contributed by atoms with Gasteiger partial charge < -0.3 is 19.7 Å². The van der Waals surface area contributed by atoms with Crippen LogP contribution < -0.4 is 10.2 Å². The third kappa shape index (κ3) is 5.59. The van der Waals surface area contributed by atoms with Gasteiger partial charge in [0.1, 0.15) is 0 Å². The maximum atomic E-state index is 5.20. The zero-order chi connectivity index (χ0) is 13.9. The fourth-order valence-corrected chi connectivity index (χ4v) is 1.98. The van der Waals surface area contributed by atoms with E-state index in [4.69, 9.17) is 9.47 Å². The number of ether oxygens (including phenoxy) is 2. The molecule has 19 heavy (non-hydrogen) atoms. The van der Waals surface area contributed by atoms with Crippen molar-refractivity contribution in [2.75, 3.05) is 52.0 Å². The lowest BCUT2D eigenvalue weighted by molar-refractivity contribution is 0.190. The zero-order valence-electron chi connectivity index (χ0n) is 12.3. The standard InChI is InChI=1S/C15H26N2O2/c1-4-16-13-14-7-5-6-8-15(14)17(9-11-18-2)10-12-19-3/h5-8,16H,4,9-13H2,1-3H3. The molecule has 1 N–H and O–H groups in total. The normalized spacial score (nSPS) is 10.7. The maximum Gasteiger partial charge on any atom is 0.0637 e. The molecule has 0 aliphatic carbocycles. The highest BCUT2D eigenvalue weighted by molar-refractivity contribution is 5.53. The van der Waals surface area contributed by atoms with E-state index >= 15 is 0 Å². The Morgan fingerprint density at radius 2 is 1.68 bits per heavy atom. The third-order valence-electron chi connectivity index (χ3n) is 3.03. The van der Waals surface area contributed by atoms with Crippen molar-refractivity contribution in [1.82, 2.24) is 5.32 Å². The van der Waals surface area contributed by atoms with Gasteiger partial charge in [0.15, 0.2) is 0 Å². The molecular weight excluding hydrogens is 240 g/mol. The van der Waals surface area contributed by atoms with Gasteiger partial charge in [-0.15, -0.1) is 0 Å². The molecule has 0 amide bonds. The summed E-state index contributed by atoms with van der Waals surface area (Å²) in [7, 11) is 3.47. The summed E-state index contributed by atoms with van der Waals surface area (Å²) in [4.78, 5) is 2.32. The summed E-state index contributed by atoms with van der Waals surface area (Å²) < 4.78 is 10.4. The Hall–Kier alpha value is -1.10. The zero-order valence-corrected chi connectivity index (χ0v) is 12.3. The summed E-state index contributed by atoms with van der Waals surface area (Å²) in [6.07, 6.45) is 0. The molecule has 0 saturated heterocycles. The molecule has 108 valence electrons. The van der Waals surface area contributed by atoms with Crippen molar-refractivity contribution in [3.63, 3.8) is 0 Å². The lowest BCUT2D eigenvalue weighted by atomic mass is 10.1. The third-order valence-corrected chi connectivity index (χ3v) is 3.03. The maximum absolute atomic E-state index is 5.20. The quantitative estimate of drug-likeness (QED) is 0.701. The smallest absolute Gasteiger partial charge is 0.0637 e. The lowest BCUT2D eigenvalue weighted by Crippen LogP contribution is -2.32. The average molecular weight is 266 g/mol. The van der Waals surface area contributed by atoms with Crippen molar-refractivity contribution in [1.29, 1.82) is 0 Å². The predicted octanol–water partition coefficient (Wildman–Crippen LogP) is 1.90. The van der Waals surface area contributed by atoms with Gasteiger partial charge in [0.2, 0.25) is 0 Å². The number of benzene rings is 1. The van der Waals surface area contributed by atoms with Crippen LogP contribution in [0.1, 0.15) is 12.5 Å². The molecule has 4 heteroatoms. The fourth-order valence-electron chi connectivity index (χ4n) is 1.98. The highest BCUT2D eigenvalue weighted by Gasteiger charge is 2.10. The van der Waals surface area contributed by atoms with E-state index < -0.39 is 0 Å². The van der Waals surface area contributed by atoms with E-state index in [-0.39, 0.29) is 0 Å². The van der Waals surface area contributed by atoms with E-state index in [0.717, 1.165) is 39.4 Å². The number of nitrogens with zero attached hydrogens (tertiary/aromatic N) is 1. The predicted molar refractivity (Wildman–Crippen MR) is 79.8 cm³/mol. The van der Waals surface area contributed by atoms with Gasteiger partial charge in [-0.05, 0) is 18.2 Å². The van der Waals surface area contributed by atoms with Crippen molar-refractivity contribution >= 4 is 5.69 Å². The molecular formula is C15H26N2O2. The van der Waals surface area contributed by atoms with Crippen LogP contribution in [0.15, 0.2) is 24.3 Å². The Morgan fingerprint density at radius 1 is 1.05 bits per heavy atom. The van der Waals surface area contributed by atoms with Crippen LogP contribution in [-0.4, -0.2) is 47.1 Å². The van der Waals surface area contributed by atoms with Crippen molar-refractivity contribution in [3.8, 4) is 0 Å². The topological polar surface area (TPSA) is 33.7 Å². The molecule has 0 saturated carbocycles. The number of para-hydroxylation sites is 1. The van der Waals surface area contributed by atoms with Gasteiger partial charge in [-0.2, -0.15) is 0 Å². The highest BCUT2D eigenvalue weighted by atomic mass is 16.5. The van der Waals surface area contributed by atoms with Crippen molar-refractivity contribution < 1.29 is 9.47 Å². The van der Waals surface area contributed by atoms with Gasteiger partial charge in [0.05, 0.1) is 13.2 Å². The molecule has 0 aliphatic heterocycles. The first-order chi connectivity index (χ1) is 9.33. The summed E-state index contributed by atoms with van der Waals surface area (Å²) in [5.74, 6) is 0. The second-order valence-corrected chi connectivity index (χ2v) is 4.38. The van der Waals surface area contributed by atoms with Crippen LogP contribution in [0.3, 0.4) is 0 Å². The Morgan fingerprint density at radius 3 is 2.26 bits per heavy atom. The molecule has 0 spiro atoms. The average Bonchev–Trinajstić information content (AvgIpc) is 2.46. The first kappa shape index (κ1) is 16.0. The molecule has 0 bridgehead atoms. The van der Waals surface area contributed by atoms with E-state index in [9.17, 15) is 0 Å². The van der Waals surface area contributed by atoms with Crippen LogP contribution in [0.25, 0.3) is 0 Å². The van der Waals surface area contributed by atoms with Crippen LogP contribution in [0.4, 0.5) is 5.69 Å². The molecule has 0 radical (unpaired) electrons. The van der Waals surface area contributed by atoms with Gasteiger partial charge in [-0.1, -0.05) is 25.1 Å². The van der Waals surface area contributed by atoms with Crippen molar-refractivity contribution in [2.24, 2.45) is 0 Å². The summed E-state index contributed by atoms with van der Waals surface area (Å²) in [5, 5.41) is 3.38. The highest BCUT2D eigenvalue weighted by Crippen LogP contribution is 2.20. The van der Waals surface area contributed by atoms with E-state index in [1.807, 2.05) is 0 Å². The van der Waals surface area contributed by atoms with E-state index in [0.29, 0.717) is 0 Å². The minimum absolute atomic E-state index is 0.721. The fraction of sp³-hybridized carbons (Fsp3) is 0.600. The molecule has 0 aliphatic rings. The van der Waals surface area contributed by atoms with Gasteiger partial charge >= 0.3 is 0 Å². The summed E-state index contributed by atoms with van der Waals surface area (Å²) in [5.41, 5.74) is 2.58. The lowest BCUT2D eigenvalue weighted by Gasteiger charge is -2.26. The first-order valence-electron chi connectivity index (χ1n) is 6.85. The second kappa shape index (κ2) is 9.78. The van der Waals surface area contributed by atoms with Gasteiger partial charge in [-0.3, -0.25) is 0 Å². The molecule has 0 heterocycles. The number of hydrogen-bond acceptors (Lipinski definition) is 4.